The molecule has 2 aromatic heterocycles. The largest absolute Gasteiger partial charge is 0.456 e. The van der Waals surface area contributed by atoms with Crippen LogP contribution in [0.5, 0.6) is 0 Å². The van der Waals surface area contributed by atoms with E-state index in [-0.39, 0.29) is 10.8 Å². The van der Waals surface area contributed by atoms with Gasteiger partial charge < -0.3 is 4.42 Å². The molecule has 0 saturated heterocycles. The van der Waals surface area contributed by atoms with Gasteiger partial charge >= 0.3 is 0 Å². The summed E-state index contributed by atoms with van der Waals surface area (Å²) < 4.78 is 6.08. The summed E-state index contributed by atoms with van der Waals surface area (Å²) in [5.74, 6) is 0. The quantitative estimate of drug-likeness (QED) is 0.538. The van der Waals surface area contributed by atoms with Gasteiger partial charge in [0, 0.05) is 34.1 Å². The van der Waals surface area contributed by atoms with E-state index in [1.54, 1.807) is 0 Å². The van der Waals surface area contributed by atoms with Crippen molar-refractivity contribution in [1.82, 2.24) is 4.98 Å². The third kappa shape index (κ3) is 2.44. The summed E-state index contributed by atoms with van der Waals surface area (Å²) in [6.45, 7) is 13.2. The number of fused-ring (bicyclic) bond motifs is 3. The van der Waals surface area contributed by atoms with Crippen LogP contribution in [0, 0.1) is 0 Å². The first-order valence-electron chi connectivity index (χ1n) is 7.49. The predicted octanol–water partition coefficient (Wildman–Crippen LogP) is 5.58. The lowest BCUT2D eigenvalue weighted by Gasteiger charge is -2.18. The van der Waals surface area contributed by atoms with Gasteiger partial charge in [-0.25, -0.2) is 0 Å². The van der Waals surface area contributed by atoms with Crippen molar-refractivity contribution in [1.29, 1.82) is 0 Å². The van der Waals surface area contributed by atoms with Crippen LogP contribution >= 0.6 is 0 Å². The highest BCUT2D eigenvalue weighted by Crippen LogP contribution is 2.33. The Hall–Kier alpha value is -1.83. The van der Waals surface area contributed by atoms with E-state index in [4.69, 9.17) is 4.42 Å². The van der Waals surface area contributed by atoms with Gasteiger partial charge in [0.2, 0.25) is 0 Å². The summed E-state index contributed by atoms with van der Waals surface area (Å²) in [5, 5.41) is 2.24. The number of rotatable bonds is 0. The molecule has 2 nitrogen and oxygen atoms in total. The minimum atomic E-state index is 0.0315. The van der Waals surface area contributed by atoms with Crippen LogP contribution in [0.1, 0.15) is 52.8 Å². The molecule has 2 heterocycles. The van der Waals surface area contributed by atoms with E-state index in [1.807, 2.05) is 6.20 Å². The van der Waals surface area contributed by atoms with Gasteiger partial charge in [0.05, 0.1) is 0 Å². The molecule has 2 heteroatoms. The molecule has 3 aromatic rings. The minimum absolute atomic E-state index is 0.0315. The van der Waals surface area contributed by atoms with E-state index in [1.165, 1.54) is 5.56 Å². The van der Waals surface area contributed by atoms with Crippen LogP contribution in [0.15, 0.2) is 34.9 Å². The highest BCUT2D eigenvalue weighted by Gasteiger charge is 2.19. The molecule has 0 spiro atoms. The van der Waals surface area contributed by atoms with Crippen LogP contribution in [0.4, 0.5) is 0 Å². The van der Waals surface area contributed by atoms with Gasteiger partial charge in [-0.3, -0.25) is 4.98 Å². The molecule has 21 heavy (non-hydrogen) atoms. The number of furan rings is 1. The van der Waals surface area contributed by atoms with Crippen LogP contribution in [0.25, 0.3) is 21.9 Å². The van der Waals surface area contributed by atoms with Crippen LogP contribution in [0.2, 0.25) is 0 Å². The van der Waals surface area contributed by atoms with Gasteiger partial charge in [-0.15, -0.1) is 0 Å². The number of aromatic nitrogens is 1. The zero-order chi connectivity index (χ0) is 15.4. The fourth-order valence-electron chi connectivity index (χ4n) is 2.55. The summed E-state index contributed by atoms with van der Waals surface area (Å²) in [5.41, 5.74) is 4.38. The molecule has 0 aliphatic rings. The molecule has 0 saturated carbocycles. The summed E-state index contributed by atoms with van der Waals surface area (Å²) in [4.78, 5) is 4.61. The Morgan fingerprint density at radius 2 is 1.48 bits per heavy atom. The average molecular weight is 281 g/mol. The predicted molar refractivity (Wildman–Crippen MR) is 88.9 cm³/mol. The van der Waals surface area contributed by atoms with Gasteiger partial charge in [-0.1, -0.05) is 53.7 Å². The molecule has 110 valence electrons. The van der Waals surface area contributed by atoms with E-state index in [9.17, 15) is 0 Å². The van der Waals surface area contributed by atoms with E-state index >= 15 is 0 Å². The Balaban J connectivity index is 2.24. The molecule has 0 aliphatic heterocycles. The van der Waals surface area contributed by atoms with E-state index < -0.39 is 0 Å². The second-order valence-corrected chi connectivity index (χ2v) is 7.88. The SMILES string of the molecule is CC(C)(C)c1ccc2c(c1)oc1cc(C(C)(C)C)ncc12. The number of pyridine rings is 1. The van der Waals surface area contributed by atoms with Crippen molar-refractivity contribution in [3.05, 3.63) is 41.7 Å². The molecule has 3 rings (SSSR count). The molecule has 0 bridgehead atoms. The van der Waals surface area contributed by atoms with Gasteiger partial charge in [0.15, 0.2) is 0 Å². The number of nitrogens with zero attached hydrogens (tertiary/aromatic N) is 1. The van der Waals surface area contributed by atoms with Gasteiger partial charge in [0.1, 0.15) is 11.2 Å². The van der Waals surface area contributed by atoms with Gasteiger partial charge in [0.25, 0.3) is 0 Å². The van der Waals surface area contributed by atoms with Crippen LogP contribution in [0.3, 0.4) is 0 Å². The molecule has 0 aliphatic carbocycles. The normalized spacial score (nSPS) is 13.2. The third-order valence-corrected chi connectivity index (χ3v) is 3.99. The lowest BCUT2D eigenvalue weighted by molar-refractivity contribution is 0.566. The first kappa shape index (κ1) is 14.1. The second kappa shape index (κ2) is 4.33. The van der Waals surface area contributed by atoms with Crippen molar-refractivity contribution < 1.29 is 4.42 Å². The highest BCUT2D eigenvalue weighted by atomic mass is 16.3. The number of hydrogen-bond acceptors (Lipinski definition) is 2. The van der Waals surface area contributed by atoms with Gasteiger partial charge in [-0.2, -0.15) is 0 Å². The van der Waals surface area contributed by atoms with Crippen molar-refractivity contribution in [3.8, 4) is 0 Å². The Bertz CT molecular complexity index is 745. The molecule has 0 fully saturated rings. The van der Waals surface area contributed by atoms with Crippen LogP contribution in [-0.2, 0) is 10.8 Å². The first-order valence-corrected chi connectivity index (χ1v) is 7.49. The first-order chi connectivity index (χ1) is 9.66. The summed E-state index contributed by atoms with van der Waals surface area (Å²) in [6, 6.07) is 8.58. The van der Waals surface area contributed by atoms with Crippen molar-refractivity contribution in [2.75, 3.05) is 0 Å². The standard InChI is InChI=1S/C19H23NO/c1-18(2,3)12-7-8-13-14-11-20-17(19(4,5)6)10-16(14)21-15(13)9-12/h7-11H,1-6H3. The fraction of sp³-hybridized carbons (Fsp3) is 0.421. The summed E-state index contributed by atoms with van der Waals surface area (Å²) in [7, 11) is 0. The molecular weight excluding hydrogens is 258 g/mol. The molecule has 1 aromatic carbocycles. The Morgan fingerprint density at radius 1 is 0.810 bits per heavy atom. The monoisotopic (exact) mass is 281 g/mol. The van der Waals surface area contributed by atoms with E-state index in [2.05, 4.69) is 70.8 Å². The van der Waals surface area contributed by atoms with Crippen molar-refractivity contribution in [2.45, 2.75) is 52.4 Å². The molecule has 0 unspecified atom stereocenters. The average Bonchev–Trinajstić information content (AvgIpc) is 2.73. The van der Waals surface area contributed by atoms with E-state index in [0.717, 1.165) is 27.6 Å². The molecular formula is C19H23NO. The minimum Gasteiger partial charge on any atom is -0.456 e. The lowest BCUT2D eigenvalue weighted by atomic mass is 9.87. The zero-order valence-electron chi connectivity index (χ0n) is 13.7. The topological polar surface area (TPSA) is 26.0 Å². The van der Waals surface area contributed by atoms with Gasteiger partial charge in [-0.05, 0) is 17.0 Å². The Labute approximate surface area is 126 Å². The second-order valence-electron chi connectivity index (χ2n) is 7.88. The molecule has 0 atom stereocenters. The highest BCUT2D eigenvalue weighted by molar-refractivity contribution is 6.04. The van der Waals surface area contributed by atoms with Crippen molar-refractivity contribution >= 4 is 21.9 Å². The summed E-state index contributed by atoms with van der Waals surface area (Å²) >= 11 is 0. The maximum Gasteiger partial charge on any atom is 0.138 e. The van der Waals surface area contributed by atoms with E-state index in [0.29, 0.717) is 0 Å². The third-order valence-electron chi connectivity index (χ3n) is 3.99. The smallest absolute Gasteiger partial charge is 0.138 e. The van der Waals surface area contributed by atoms with Crippen molar-refractivity contribution in [3.63, 3.8) is 0 Å². The maximum absolute atomic E-state index is 6.08. The van der Waals surface area contributed by atoms with Crippen LogP contribution < -0.4 is 0 Å². The Morgan fingerprint density at radius 3 is 2.10 bits per heavy atom. The summed E-state index contributed by atoms with van der Waals surface area (Å²) in [6.07, 6.45) is 1.94. The molecule has 0 N–H and O–H groups in total. The number of benzene rings is 1. The number of hydrogen-bond donors (Lipinski definition) is 0. The molecule has 0 amide bonds. The Kier molecular flexibility index (Phi) is 2.91. The van der Waals surface area contributed by atoms with Crippen molar-refractivity contribution in [2.24, 2.45) is 0 Å². The van der Waals surface area contributed by atoms with Crippen LogP contribution in [-0.4, -0.2) is 4.98 Å². The molecule has 0 radical (unpaired) electrons. The fourth-order valence-corrected chi connectivity index (χ4v) is 2.55. The lowest BCUT2D eigenvalue weighted by Crippen LogP contribution is -2.12. The zero-order valence-corrected chi connectivity index (χ0v) is 13.7. The maximum atomic E-state index is 6.08.